The average molecular weight is 374 g/mol. The van der Waals surface area contributed by atoms with Gasteiger partial charge in [0.25, 0.3) is 5.56 Å². The maximum Gasteiger partial charge on any atom is 0.273 e. The van der Waals surface area contributed by atoms with E-state index in [0.717, 1.165) is 27.7 Å². The van der Waals surface area contributed by atoms with E-state index < -0.39 is 6.04 Å². The maximum absolute atomic E-state index is 13.0. The Bertz CT molecular complexity index is 1250. The first kappa shape index (κ1) is 18.0. The van der Waals surface area contributed by atoms with E-state index in [1.807, 2.05) is 78.5 Å². The van der Waals surface area contributed by atoms with E-state index in [1.54, 1.807) is 0 Å². The lowest BCUT2D eigenvalue weighted by molar-refractivity contribution is -0.124. The van der Waals surface area contributed by atoms with Crippen molar-refractivity contribution in [2.75, 3.05) is 0 Å². The second-order valence-electron chi connectivity index (χ2n) is 7.05. The Morgan fingerprint density at radius 3 is 2.61 bits per heavy atom. The maximum atomic E-state index is 13.0. The number of nitrogens with zero attached hydrogens (tertiary/aromatic N) is 3. The van der Waals surface area contributed by atoms with E-state index in [-0.39, 0.29) is 11.5 Å². The molecule has 142 valence electrons. The summed E-state index contributed by atoms with van der Waals surface area (Å²) >= 11 is 0. The molecular formula is C22H22N4O2. The predicted octanol–water partition coefficient (Wildman–Crippen LogP) is 3.14. The van der Waals surface area contributed by atoms with E-state index >= 15 is 0 Å². The van der Waals surface area contributed by atoms with Crippen molar-refractivity contribution < 1.29 is 4.79 Å². The van der Waals surface area contributed by atoms with Gasteiger partial charge in [-0.05, 0) is 44.0 Å². The van der Waals surface area contributed by atoms with Crippen LogP contribution in [0, 0.1) is 13.8 Å². The van der Waals surface area contributed by atoms with Crippen molar-refractivity contribution in [3.05, 3.63) is 81.8 Å². The normalized spacial score (nSPS) is 12.4. The number of fused-ring (bicyclic) bond motifs is 3. The molecule has 6 heteroatoms. The Kier molecular flexibility index (Phi) is 4.47. The molecule has 0 bridgehead atoms. The van der Waals surface area contributed by atoms with Gasteiger partial charge in [0.1, 0.15) is 6.04 Å². The van der Waals surface area contributed by atoms with Gasteiger partial charge in [-0.3, -0.25) is 14.3 Å². The van der Waals surface area contributed by atoms with Crippen molar-refractivity contribution in [2.45, 2.75) is 33.4 Å². The molecule has 1 N–H and O–H groups in total. The minimum atomic E-state index is -0.477. The molecule has 0 radical (unpaired) electrons. The number of para-hydroxylation sites is 1. The van der Waals surface area contributed by atoms with Crippen LogP contribution < -0.4 is 10.9 Å². The van der Waals surface area contributed by atoms with Crippen molar-refractivity contribution in [3.63, 3.8) is 0 Å². The first-order valence-corrected chi connectivity index (χ1v) is 9.29. The molecule has 0 aliphatic rings. The van der Waals surface area contributed by atoms with Crippen LogP contribution in [0.5, 0.6) is 0 Å². The Morgan fingerprint density at radius 2 is 1.82 bits per heavy atom. The average Bonchev–Trinajstić information content (AvgIpc) is 3.01. The summed E-state index contributed by atoms with van der Waals surface area (Å²) in [7, 11) is 0. The second kappa shape index (κ2) is 6.96. The van der Waals surface area contributed by atoms with Gasteiger partial charge in [0.15, 0.2) is 5.65 Å². The quantitative estimate of drug-likeness (QED) is 0.597. The fourth-order valence-electron chi connectivity index (χ4n) is 3.64. The SMILES string of the molecule is Cc1ccccc1CNC(=O)C(C)n1c2ccccc2c2nc(=O)cc(C)n21. The largest absolute Gasteiger partial charge is 0.350 e. The molecule has 4 rings (SSSR count). The lowest BCUT2D eigenvalue weighted by atomic mass is 10.1. The molecule has 0 spiro atoms. The third kappa shape index (κ3) is 2.97. The fourth-order valence-corrected chi connectivity index (χ4v) is 3.64. The second-order valence-corrected chi connectivity index (χ2v) is 7.05. The molecule has 2 aromatic carbocycles. The van der Waals surface area contributed by atoms with Gasteiger partial charge in [-0.1, -0.05) is 36.4 Å². The Morgan fingerprint density at radius 1 is 1.11 bits per heavy atom. The number of hydrogen-bond acceptors (Lipinski definition) is 3. The third-order valence-electron chi connectivity index (χ3n) is 5.15. The summed E-state index contributed by atoms with van der Waals surface area (Å²) in [6.45, 7) is 6.21. The lowest BCUT2D eigenvalue weighted by Crippen LogP contribution is -2.32. The molecule has 28 heavy (non-hydrogen) atoms. The monoisotopic (exact) mass is 374 g/mol. The highest BCUT2D eigenvalue weighted by molar-refractivity contribution is 5.94. The molecule has 2 aromatic heterocycles. The highest BCUT2D eigenvalue weighted by Gasteiger charge is 2.22. The summed E-state index contributed by atoms with van der Waals surface area (Å²) in [5.74, 6) is -0.0935. The molecule has 1 amide bonds. The number of benzene rings is 2. The van der Waals surface area contributed by atoms with Crippen LogP contribution in [-0.4, -0.2) is 20.1 Å². The molecule has 4 aromatic rings. The topological polar surface area (TPSA) is 68.4 Å². The van der Waals surface area contributed by atoms with Crippen LogP contribution >= 0.6 is 0 Å². The van der Waals surface area contributed by atoms with Gasteiger partial charge in [-0.2, -0.15) is 4.98 Å². The molecule has 0 aliphatic carbocycles. The van der Waals surface area contributed by atoms with Crippen molar-refractivity contribution in [1.29, 1.82) is 0 Å². The molecule has 1 unspecified atom stereocenters. The molecule has 6 nitrogen and oxygen atoms in total. The Labute approximate surface area is 162 Å². The molecular weight excluding hydrogens is 352 g/mol. The van der Waals surface area contributed by atoms with Crippen LogP contribution in [0.4, 0.5) is 0 Å². The van der Waals surface area contributed by atoms with E-state index in [4.69, 9.17) is 0 Å². The number of carbonyl (C=O) groups excluding carboxylic acids is 1. The van der Waals surface area contributed by atoms with Crippen LogP contribution in [-0.2, 0) is 11.3 Å². The van der Waals surface area contributed by atoms with Crippen LogP contribution in [0.15, 0.2) is 59.4 Å². The van der Waals surface area contributed by atoms with Gasteiger partial charge in [0.05, 0.1) is 5.52 Å². The number of aryl methyl sites for hydroxylation is 2. The number of carbonyl (C=O) groups is 1. The molecule has 0 saturated heterocycles. The van der Waals surface area contributed by atoms with Crippen LogP contribution in [0.2, 0.25) is 0 Å². The summed E-state index contributed by atoms with van der Waals surface area (Å²) in [4.78, 5) is 29.1. The summed E-state index contributed by atoms with van der Waals surface area (Å²) in [5.41, 5.74) is 4.12. The van der Waals surface area contributed by atoms with Gasteiger partial charge >= 0.3 is 0 Å². The third-order valence-corrected chi connectivity index (χ3v) is 5.15. The number of rotatable bonds is 4. The molecule has 2 heterocycles. The zero-order valence-electron chi connectivity index (χ0n) is 16.1. The van der Waals surface area contributed by atoms with E-state index in [1.165, 1.54) is 6.07 Å². The van der Waals surface area contributed by atoms with Crippen molar-refractivity contribution in [3.8, 4) is 0 Å². The lowest BCUT2D eigenvalue weighted by Gasteiger charge is -2.18. The number of aromatic nitrogens is 3. The van der Waals surface area contributed by atoms with Gasteiger partial charge in [-0.15, -0.1) is 0 Å². The molecule has 0 fully saturated rings. The van der Waals surface area contributed by atoms with Gasteiger partial charge < -0.3 is 5.32 Å². The van der Waals surface area contributed by atoms with E-state index in [0.29, 0.717) is 12.2 Å². The number of amides is 1. The van der Waals surface area contributed by atoms with Crippen molar-refractivity contribution >= 4 is 22.5 Å². The first-order chi connectivity index (χ1) is 13.5. The van der Waals surface area contributed by atoms with E-state index in [9.17, 15) is 9.59 Å². The van der Waals surface area contributed by atoms with Crippen LogP contribution in [0.3, 0.4) is 0 Å². The fraction of sp³-hybridized carbons (Fsp3) is 0.227. The molecule has 0 aliphatic heterocycles. The van der Waals surface area contributed by atoms with Crippen molar-refractivity contribution in [1.82, 2.24) is 19.5 Å². The highest BCUT2D eigenvalue weighted by Crippen LogP contribution is 2.25. The minimum Gasteiger partial charge on any atom is -0.350 e. The standard InChI is InChI=1S/C22H22N4O2/c1-14-8-4-5-9-17(14)13-23-22(28)16(3)26-19-11-7-6-10-18(19)21-24-20(27)12-15(2)25(21)26/h4-12,16H,13H2,1-3H3,(H,23,28). The summed E-state index contributed by atoms with van der Waals surface area (Å²) in [6.07, 6.45) is 0. The number of nitrogens with one attached hydrogen (secondary N) is 1. The minimum absolute atomic E-state index is 0.0935. The van der Waals surface area contributed by atoms with Crippen LogP contribution in [0.25, 0.3) is 16.6 Å². The van der Waals surface area contributed by atoms with Gasteiger partial charge in [-0.25, -0.2) is 4.52 Å². The Balaban J connectivity index is 1.76. The first-order valence-electron chi connectivity index (χ1n) is 9.29. The smallest absolute Gasteiger partial charge is 0.273 e. The van der Waals surface area contributed by atoms with Crippen molar-refractivity contribution in [2.24, 2.45) is 0 Å². The summed E-state index contributed by atoms with van der Waals surface area (Å²) in [6, 6.07) is 16.7. The summed E-state index contributed by atoms with van der Waals surface area (Å²) in [5, 5.41) is 3.88. The van der Waals surface area contributed by atoms with Gasteiger partial charge in [0, 0.05) is 23.7 Å². The summed E-state index contributed by atoms with van der Waals surface area (Å²) < 4.78 is 3.75. The number of hydrogen-bond donors (Lipinski definition) is 1. The predicted molar refractivity (Wildman–Crippen MR) is 109 cm³/mol. The molecule has 1 atom stereocenters. The van der Waals surface area contributed by atoms with E-state index in [2.05, 4.69) is 10.3 Å². The van der Waals surface area contributed by atoms with Gasteiger partial charge in [0.2, 0.25) is 5.91 Å². The zero-order valence-corrected chi connectivity index (χ0v) is 16.1. The van der Waals surface area contributed by atoms with Crippen LogP contribution in [0.1, 0.15) is 29.8 Å². The zero-order chi connectivity index (χ0) is 19.8. The highest BCUT2D eigenvalue weighted by atomic mass is 16.2. The Hall–Kier alpha value is -3.41. The molecule has 0 saturated carbocycles.